The van der Waals surface area contributed by atoms with Crippen LogP contribution in [0.2, 0.25) is 0 Å². The SMILES string of the molecule is CCCC(CC(=O)NC)c1ccccc1OC. The fourth-order valence-electron chi connectivity index (χ4n) is 2.05. The highest BCUT2D eigenvalue weighted by Gasteiger charge is 2.17. The van der Waals surface area contributed by atoms with Crippen LogP contribution in [0.5, 0.6) is 5.75 Å². The summed E-state index contributed by atoms with van der Waals surface area (Å²) < 4.78 is 5.36. The molecule has 0 heterocycles. The molecule has 1 atom stereocenters. The van der Waals surface area contributed by atoms with Gasteiger partial charge < -0.3 is 10.1 Å². The maximum atomic E-state index is 11.5. The number of hydrogen-bond donors (Lipinski definition) is 1. The molecule has 0 fully saturated rings. The second-order valence-electron chi connectivity index (χ2n) is 4.10. The van der Waals surface area contributed by atoms with Crippen molar-refractivity contribution in [3.63, 3.8) is 0 Å². The molecule has 0 radical (unpaired) electrons. The first-order valence-electron chi connectivity index (χ1n) is 6.06. The van der Waals surface area contributed by atoms with E-state index >= 15 is 0 Å². The van der Waals surface area contributed by atoms with Gasteiger partial charge in [-0.3, -0.25) is 4.79 Å². The van der Waals surface area contributed by atoms with E-state index < -0.39 is 0 Å². The molecule has 17 heavy (non-hydrogen) atoms. The minimum absolute atomic E-state index is 0.0781. The van der Waals surface area contributed by atoms with E-state index in [1.54, 1.807) is 14.2 Å². The molecule has 1 aromatic rings. The van der Waals surface area contributed by atoms with E-state index in [2.05, 4.69) is 12.2 Å². The van der Waals surface area contributed by atoms with Crippen LogP contribution in [0.4, 0.5) is 0 Å². The quantitative estimate of drug-likeness (QED) is 0.823. The molecule has 1 rings (SSSR count). The van der Waals surface area contributed by atoms with Crippen molar-refractivity contribution in [2.45, 2.75) is 32.1 Å². The minimum atomic E-state index is 0.0781. The summed E-state index contributed by atoms with van der Waals surface area (Å²) in [5, 5.41) is 2.68. The van der Waals surface area contributed by atoms with Crippen molar-refractivity contribution in [2.24, 2.45) is 0 Å². The van der Waals surface area contributed by atoms with Gasteiger partial charge in [-0.2, -0.15) is 0 Å². The summed E-state index contributed by atoms with van der Waals surface area (Å²) in [6, 6.07) is 7.93. The van der Waals surface area contributed by atoms with Crippen molar-refractivity contribution >= 4 is 5.91 Å². The third-order valence-electron chi connectivity index (χ3n) is 2.93. The lowest BCUT2D eigenvalue weighted by Gasteiger charge is -2.18. The maximum absolute atomic E-state index is 11.5. The zero-order valence-corrected chi connectivity index (χ0v) is 10.8. The molecule has 0 aliphatic heterocycles. The van der Waals surface area contributed by atoms with Crippen LogP contribution in [0.1, 0.15) is 37.7 Å². The zero-order chi connectivity index (χ0) is 12.7. The highest BCUT2D eigenvalue weighted by molar-refractivity contribution is 5.76. The van der Waals surface area contributed by atoms with E-state index in [-0.39, 0.29) is 11.8 Å². The number of nitrogens with one attached hydrogen (secondary N) is 1. The fourth-order valence-corrected chi connectivity index (χ4v) is 2.05. The van der Waals surface area contributed by atoms with Crippen molar-refractivity contribution < 1.29 is 9.53 Å². The van der Waals surface area contributed by atoms with Crippen LogP contribution in [0.25, 0.3) is 0 Å². The number of rotatable bonds is 6. The third kappa shape index (κ3) is 3.77. The van der Waals surface area contributed by atoms with Crippen molar-refractivity contribution in [1.82, 2.24) is 5.32 Å². The molecule has 0 aliphatic carbocycles. The van der Waals surface area contributed by atoms with E-state index in [4.69, 9.17) is 4.74 Å². The molecule has 0 saturated heterocycles. The summed E-state index contributed by atoms with van der Waals surface area (Å²) in [4.78, 5) is 11.5. The van der Waals surface area contributed by atoms with Gasteiger partial charge in [0.1, 0.15) is 5.75 Å². The van der Waals surface area contributed by atoms with Gasteiger partial charge in [-0.05, 0) is 24.0 Å². The van der Waals surface area contributed by atoms with Gasteiger partial charge in [-0.1, -0.05) is 31.5 Å². The molecule has 0 bridgehead atoms. The summed E-state index contributed by atoms with van der Waals surface area (Å²) in [6.45, 7) is 2.13. The van der Waals surface area contributed by atoms with Gasteiger partial charge in [-0.15, -0.1) is 0 Å². The molecule has 1 amide bonds. The molecule has 0 spiro atoms. The first-order chi connectivity index (χ1) is 8.22. The summed E-state index contributed by atoms with van der Waals surface area (Å²) in [7, 11) is 3.34. The lowest BCUT2D eigenvalue weighted by atomic mass is 9.90. The normalized spacial score (nSPS) is 11.9. The van der Waals surface area contributed by atoms with Crippen LogP contribution in [0, 0.1) is 0 Å². The predicted octanol–water partition coefficient (Wildman–Crippen LogP) is 2.72. The Labute approximate surface area is 103 Å². The van der Waals surface area contributed by atoms with Crippen LogP contribution in [-0.2, 0) is 4.79 Å². The number of para-hydroxylation sites is 1. The van der Waals surface area contributed by atoms with Gasteiger partial charge in [0.05, 0.1) is 7.11 Å². The smallest absolute Gasteiger partial charge is 0.220 e. The molecular formula is C14H21NO2. The Bertz CT molecular complexity index is 363. The summed E-state index contributed by atoms with van der Waals surface area (Å²) in [5.41, 5.74) is 1.13. The number of hydrogen-bond acceptors (Lipinski definition) is 2. The molecule has 94 valence electrons. The Kier molecular flexibility index (Phi) is 5.53. The maximum Gasteiger partial charge on any atom is 0.220 e. The summed E-state index contributed by atoms with van der Waals surface area (Å²) >= 11 is 0. The fraction of sp³-hybridized carbons (Fsp3) is 0.500. The van der Waals surface area contributed by atoms with Gasteiger partial charge in [0.2, 0.25) is 5.91 Å². The second-order valence-corrected chi connectivity index (χ2v) is 4.10. The molecule has 1 unspecified atom stereocenters. The molecule has 1 aromatic carbocycles. The van der Waals surface area contributed by atoms with Crippen molar-refractivity contribution in [2.75, 3.05) is 14.2 Å². The summed E-state index contributed by atoms with van der Waals surface area (Å²) in [6.07, 6.45) is 2.57. The first-order valence-corrected chi connectivity index (χ1v) is 6.06. The lowest BCUT2D eigenvalue weighted by molar-refractivity contribution is -0.121. The minimum Gasteiger partial charge on any atom is -0.496 e. The van der Waals surface area contributed by atoms with Crippen LogP contribution >= 0.6 is 0 Å². The molecule has 3 heteroatoms. The van der Waals surface area contributed by atoms with Crippen LogP contribution in [-0.4, -0.2) is 20.1 Å². The van der Waals surface area contributed by atoms with Crippen LogP contribution in [0.15, 0.2) is 24.3 Å². The van der Waals surface area contributed by atoms with Gasteiger partial charge in [0.15, 0.2) is 0 Å². The number of methoxy groups -OCH3 is 1. The van der Waals surface area contributed by atoms with Crippen molar-refractivity contribution in [3.8, 4) is 5.75 Å². The molecule has 1 N–H and O–H groups in total. The van der Waals surface area contributed by atoms with Gasteiger partial charge in [-0.25, -0.2) is 0 Å². The standard InChI is InChI=1S/C14H21NO2/c1-4-7-11(10-14(16)15-2)12-8-5-6-9-13(12)17-3/h5-6,8-9,11H,4,7,10H2,1-3H3,(H,15,16). The van der Waals surface area contributed by atoms with E-state index in [1.165, 1.54) is 0 Å². The summed E-state index contributed by atoms with van der Waals surface area (Å²) in [5.74, 6) is 1.18. The molecular weight excluding hydrogens is 214 g/mol. The molecule has 0 aliphatic rings. The Balaban J connectivity index is 2.91. The van der Waals surface area contributed by atoms with Crippen molar-refractivity contribution in [1.29, 1.82) is 0 Å². The molecule has 0 aromatic heterocycles. The van der Waals surface area contributed by atoms with Crippen LogP contribution in [0.3, 0.4) is 0 Å². The average Bonchev–Trinajstić information content (AvgIpc) is 2.38. The topological polar surface area (TPSA) is 38.3 Å². The van der Waals surface area contributed by atoms with Crippen LogP contribution < -0.4 is 10.1 Å². The van der Waals surface area contributed by atoms with E-state index in [1.807, 2.05) is 24.3 Å². The van der Waals surface area contributed by atoms with E-state index in [0.29, 0.717) is 6.42 Å². The number of carbonyl (C=O) groups is 1. The number of ether oxygens (including phenoxy) is 1. The van der Waals surface area contributed by atoms with Gasteiger partial charge in [0, 0.05) is 13.5 Å². The van der Waals surface area contributed by atoms with Crippen molar-refractivity contribution in [3.05, 3.63) is 29.8 Å². The Morgan fingerprint density at radius 1 is 1.41 bits per heavy atom. The predicted molar refractivity (Wildman–Crippen MR) is 69.3 cm³/mol. The zero-order valence-electron chi connectivity index (χ0n) is 10.8. The molecule has 3 nitrogen and oxygen atoms in total. The van der Waals surface area contributed by atoms with Gasteiger partial charge in [0.25, 0.3) is 0 Å². The monoisotopic (exact) mass is 235 g/mol. The van der Waals surface area contributed by atoms with E-state index in [9.17, 15) is 4.79 Å². The van der Waals surface area contributed by atoms with Gasteiger partial charge >= 0.3 is 0 Å². The Morgan fingerprint density at radius 3 is 2.71 bits per heavy atom. The largest absolute Gasteiger partial charge is 0.496 e. The Morgan fingerprint density at radius 2 is 2.12 bits per heavy atom. The second kappa shape index (κ2) is 6.94. The highest BCUT2D eigenvalue weighted by Crippen LogP contribution is 2.32. The number of amides is 1. The first kappa shape index (κ1) is 13.6. The number of carbonyl (C=O) groups excluding carboxylic acids is 1. The lowest BCUT2D eigenvalue weighted by Crippen LogP contribution is -2.20. The third-order valence-corrected chi connectivity index (χ3v) is 2.93. The number of benzene rings is 1. The van der Waals surface area contributed by atoms with E-state index in [0.717, 1.165) is 24.2 Å². The Hall–Kier alpha value is -1.51. The molecule has 0 saturated carbocycles. The highest BCUT2D eigenvalue weighted by atomic mass is 16.5. The average molecular weight is 235 g/mol.